The lowest BCUT2D eigenvalue weighted by atomic mass is 10.1. The standard InChI is InChI=1S/C15H12N2O2/c1-2-4-12(5-3-1)14-7-6-13(10-17-14)19-11-15-16-8-9-18-15/h1-10H,11H2. The van der Waals surface area contributed by atoms with Gasteiger partial charge in [-0.25, -0.2) is 4.98 Å². The van der Waals surface area contributed by atoms with Crippen molar-refractivity contribution in [1.29, 1.82) is 0 Å². The molecule has 3 aromatic rings. The van der Waals surface area contributed by atoms with Crippen LogP contribution in [0, 0.1) is 0 Å². The van der Waals surface area contributed by atoms with Crippen molar-refractivity contribution in [1.82, 2.24) is 9.97 Å². The summed E-state index contributed by atoms with van der Waals surface area (Å²) >= 11 is 0. The monoisotopic (exact) mass is 252 g/mol. The van der Waals surface area contributed by atoms with Crippen molar-refractivity contribution >= 4 is 0 Å². The summed E-state index contributed by atoms with van der Waals surface area (Å²) < 4.78 is 10.6. The van der Waals surface area contributed by atoms with Crippen LogP contribution in [0.5, 0.6) is 5.75 Å². The average molecular weight is 252 g/mol. The lowest BCUT2D eigenvalue weighted by molar-refractivity contribution is 0.262. The topological polar surface area (TPSA) is 48.2 Å². The van der Waals surface area contributed by atoms with Gasteiger partial charge in [-0.15, -0.1) is 0 Å². The number of nitrogens with zero attached hydrogens (tertiary/aromatic N) is 2. The highest BCUT2D eigenvalue weighted by atomic mass is 16.5. The zero-order valence-electron chi connectivity index (χ0n) is 10.2. The van der Waals surface area contributed by atoms with Gasteiger partial charge < -0.3 is 9.15 Å². The van der Waals surface area contributed by atoms with Gasteiger partial charge in [0.15, 0.2) is 6.61 Å². The summed E-state index contributed by atoms with van der Waals surface area (Å²) in [5.41, 5.74) is 2.01. The molecule has 19 heavy (non-hydrogen) atoms. The highest BCUT2D eigenvalue weighted by Crippen LogP contribution is 2.19. The summed E-state index contributed by atoms with van der Waals surface area (Å²) in [5.74, 6) is 1.24. The van der Waals surface area contributed by atoms with Gasteiger partial charge in [0, 0.05) is 5.56 Å². The normalized spacial score (nSPS) is 10.3. The highest BCUT2D eigenvalue weighted by molar-refractivity contribution is 5.58. The van der Waals surface area contributed by atoms with Gasteiger partial charge in [0.2, 0.25) is 5.89 Å². The molecule has 0 aliphatic rings. The van der Waals surface area contributed by atoms with Gasteiger partial charge in [0.1, 0.15) is 12.0 Å². The van der Waals surface area contributed by atoms with Crippen LogP contribution < -0.4 is 4.74 Å². The lowest BCUT2D eigenvalue weighted by Gasteiger charge is -2.04. The summed E-state index contributed by atoms with van der Waals surface area (Å²) in [6.45, 7) is 0.305. The molecule has 0 saturated heterocycles. The molecule has 0 aliphatic heterocycles. The Morgan fingerprint density at radius 2 is 1.89 bits per heavy atom. The van der Waals surface area contributed by atoms with Gasteiger partial charge in [-0.1, -0.05) is 30.3 Å². The second-order valence-electron chi connectivity index (χ2n) is 3.96. The first-order valence-corrected chi connectivity index (χ1v) is 5.94. The predicted molar refractivity (Wildman–Crippen MR) is 70.5 cm³/mol. The third-order valence-corrected chi connectivity index (χ3v) is 2.65. The fraction of sp³-hybridized carbons (Fsp3) is 0.0667. The highest BCUT2D eigenvalue weighted by Gasteiger charge is 2.01. The molecule has 0 spiro atoms. The van der Waals surface area contributed by atoms with Crippen molar-refractivity contribution < 1.29 is 9.15 Å². The van der Waals surface area contributed by atoms with E-state index in [1.165, 1.54) is 6.26 Å². The molecule has 3 rings (SSSR count). The molecule has 2 aromatic heterocycles. The number of ether oxygens (including phenoxy) is 1. The van der Waals surface area contributed by atoms with Crippen LogP contribution in [0.4, 0.5) is 0 Å². The molecule has 0 fully saturated rings. The van der Waals surface area contributed by atoms with Crippen LogP contribution in [0.3, 0.4) is 0 Å². The fourth-order valence-electron chi connectivity index (χ4n) is 1.71. The number of pyridine rings is 1. The molecule has 0 unspecified atom stereocenters. The third-order valence-electron chi connectivity index (χ3n) is 2.65. The van der Waals surface area contributed by atoms with Crippen LogP contribution in [0.25, 0.3) is 11.3 Å². The number of rotatable bonds is 4. The molecule has 0 saturated carbocycles. The van der Waals surface area contributed by atoms with Crippen LogP contribution in [0.15, 0.2) is 65.5 Å². The van der Waals surface area contributed by atoms with Gasteiger partial charge >= 0.3 is 0 Å². The summed E-state index contributed by atoms with van der Waals surface area (Å²) in [7, 11) is 0. The minimum atomic E-state index is 0.305. The van der Waals surface area contributed by atoms with Crippen LogP contribution in [-0.2, 0) is 6.61 Å². The van der Waals surface area contributed by atoms with E-state index in [9.17, 15) is 0 Å². The molecular formula is C15H12N2O2. The van der Waals surface area contributed by atoms with Crippen molar-refractivity contribution in [3.05, 3.63) is 67.0 Å². The molecule has 4 nitrogen and oxygen atoms in total. The first-order valence-electron chi connectivity index (χ1n) is 5.94. The average Bonchev–Trinajstić information content (AvgIpc) is 3.00. The number of oxazole rings is 1. The fourth-order valence-corrected chi connectivity index (χ4v) is 1.71. The maximum atomic E-state index is 5.52. The van der Waals surface area contributed by atoms with Crippen molar-refractivity contribution in [2.45, 2.75) is 6.61 Å². The van der Waals surface area contributed by atoms with E-state index in [1.807, 2.05) is 42.5 Å². The largest absolute Gasteiger partial charge is 0.482 e. The summed E-state index contributed by atoms with van der Waals surface area (Å²) in [6.07, 6.45) is 4.82. The van der Waals surface area contributed by atoms with E-state index in [-0.39, 0.29) is 0 Å². The third kappa shape index (κ3) is 2.80. The molecule has 0 N–H and O–H groups in total. The molecule has 4 heteroatoms. The van der Waals surface area contributed by atoms with Crippen LogP contribution >= 0.6 is 0 Å². The molecule has 0 aliphatic carbocycles. The first kappa shape index (κ1) is 11.5. The number of benzene rings is 1. The zero-order chi connectivity index (χ0) is 12.9. The number of aromatic nitrogens is 2. The van der Waals surface area contributed by atoms with Gasteiger partial charge in [0.05, 0.1) is 18.1 Å². The van der Waals surface area contributed by atoms with E-state index in [0.29, 0.717) is 18.2 Å². The number of hydrogen-bond acceptors (Lipinski definition) is 4. The summed E-state index contributed by atoms with van der Waals surface area (Å²) in [6, 6.07) is 13.8. The second kappa shape index (κ2) is 5.35. The molecule has 0 amide bonds. The maximum Gasteiger partial charge on any atom is 0.232 e. The van der Waals surface area contributed by atoms with E-state index in [1.54, 1.807) is 12.4 Å². The molecule has 2 heterocycles. The van der Waals surface area contributed by atoms with Gasteiger partial charge in [0.25, 0.3) is 0 Å². The van der Waals surface area contributed by atoms with Crippen molar-refractivity contribution in [3.63, 3.8) is 0 Å². The first-order chi connectivity index (χ1) is 9.42. The maximum absolute atomic E-state index is 5.52. The Labute approximate surface area is 110 Å². The Hall–Kier alpha value is -2.62. The molecule has 0 radical (unpaired) electrons. The Balaban J connectivity index is 1.69. The molecule has 0 atom stereocenters. The quantitative estimate of drug-likeness (QED) is 0.714. The van der Waals surface area contributed by atoms with Gasteiger partial charge in [-0.2, -0.15) is 0 Å². The zero-order valence-corrected chi connectivity index (χ0v) is 10.2. The van der Waals surface area contributed by atoms with Crippen LogP contribution in [0.1, 0.15) is 5.89 Å². The van der Waals surface area contributed by atoms with Crippen molar-refractivity contribution in [3.8, 4) is 17.0 Å². The molecule has 94 valence electrons. The van der Waals surface area contributed by atoms with Gasteiger partial charge in [-0.05, 0) is 12.1 Å². The number of hydrogen-bond donors (Lipinski definition) is 0. The minimum absolute atomic E-state index is 0.305. The molecule has 0 bridgehead atoms. The summed E-state index contributed by atoms with van der Waals surface area (Å²) in [5, 5.41) is 0. The van der Waals surface area contributed by atoms with Crippen molar-refractivity contribution in [2.75, 3.05) is 0 Å². The smallest absolute Gasteiger partial charge is 0.232 e. The Morgan fingerprint density at radius 1 is 1.00 bits per heavy atom. The predicted octanol–water partition coefficient (Wildman–Crippen LogP) is 3.32. The van der Waals surface area contributed by atoms with E-state index >= 15 is 0 Å². The van der Waals surface area contributed by atoms with Crippen LogP contribution in [0.2, 0.25) is 0 Å². The Bertz CT molecular complexity index is 619. The van der Waals surface area contributed by atoms with E-state index in [0.717, 1.165) is 11.3 Å². The summed E-state index contributed by atoms with van der Waals surface area (Å²) in [4.78, 5) is 8.36. The van der Waals surface area contributed by atoms with E-state index in [2.05, 4.69) is 9.97 Å². The minimum Gasteiger partial charge on any atom is -0.482 e. The molecule has 1 aromatic carbocycles. The van der Waals surface area contributed by atoms with Crippen molar-refractivity contribution in [2.24, 2.45) is 0 Å². The SMILES string of the molecule is c1ccc(-c2ccc(OCc3ncco3)cn2)cc1. The van der Waals surface area contributed by atoms with E-state index in [4.69, 9.17) is 9.15 Å². The second-order valence-corrected chi connectivity index (χ2v) is 3.96. The molecular weight excluding hydrogens is 240 g/mol. The van der Waals surface area contributed by atoms with E-state index < -0.39 is 0 Å². The van der Waals surface area contributed by atoms with Crippen LogP contribution in [-0.4, -0.2) is 9.97 Å². The lowest BCUT2D eigenvalue weighted by Crippen LogP contribution is -1.96. The Kier molecular flexibility index (Phi) is 3.23. The van der Waals surface area contributed by atoms with Gasteiger partial charge in [-0.3, -0.25) is 4.98 Å². The Morgan fingerprint density at radius 3 is 2.58 bits per heavy atom.